The summed E-state index contributed by atoms with van der Waals surface area (Å²) in [7, 11) is 0. The molecule has 0 N–H and O–H groups in total. The van der Waals surface area contributed by atoms with Crippen molar-refractivity contribution in [3.8, 4) is 5.75 Å². The Morgan fingerprint density at radius 2 is 1.82 bits per heavy atom. The van der Waals surface area contributed by atoms with Crippen LogP contribution in [0.15, 0.2) is 18.2 Å². The van der Waals surface area contributed by atoms with Gasteiger partial charge in [0.2, 0.25) is 0 Å². The lowest BCUT2D eigenvalue weighted by atomic mass is 9.86. The molecule has 2 aliphatic rings. The number of hydrogen-bond donors (Lipinski definition) is 0. The third kappa shape index (κ3) is 2.21. The average molecular weight is 230 g/mol. The molecule has 0 bridgehead atoms. The number of aryl methyl sites for hydroxylation is 2. The summed E-state index contributed by atoms with van der Waals surface area (Å²) in [4.78, 5) is 11.7. The monoisotopic (exact) mass is 230 g/mol. The van der Waals surface area contributed by atoms with Crippen LogP contribution in [0.25, 0.3) is 0 Å². The van der Waals surface area contributed by atoms with Crippen LogP contribution in [0.3, 0.4) is 0 Å². The number of carbonyl (C=O) groups is 1. The lowest BCUT2D eigenvalue weighted by molar-refractivity contribution is -0.141. The summed E-state index contributed by atoms with van der Waals surface area (Å²) in [6, 6.07) is 6.13. The molecule has 0 unspecified atom stereocenters. The molecule has 0 radical (unpaired) electrons. The molecule has 2 nitrogen and oxygen atoms in total. The zero-order valence-corrected chi connectivity index (χ0v) is 10.1. The summed E-state index contributed by atoms with van der Waals surface area (Å²) in [5.41, 5.74) is 2.80. The first kappa shape index (κ1) is 10.8. The minimum Gasteiger partial charge on any atom is -0.426 e. The van der Waals surface area contributed by atoms with Crippen LogP contribution in [0, 0.1) is 5.92 Å². The second kappa shape index (κ2) is 4.52. The summed E-state index contributed by atoms with van der Waals surface area (Å²) in [6.45, 7) is 0. The van der Waals surface area contributed by atoms with Crippen molar-refractivity contribution in [1.29, 1.82) is 0 Å². The molecule has 2 heteroatoms. The number of rotatable bonds is 2. The van der Waals surface area contributed by atoms with Gasteiger partial charge < -0.3 is 4.74 Å². The van der Waals surface area contributed by atoms with Crippen LogP contribution in [0.2, 0.25) is 0 Å². The van der Waals surface area contributed by atoms with Crippen LogP contribution >= 0.6 is 0 Å². The molecule has 0 amide bonds. The summed E-state index contributed by atoms with van der Waals surface area (Å²) in [5.74, 6) is 0.862. The number of hydrogen-bond acceptors (Lipinski definition) is 2. The lowest BCUT2D eigenvalue weighted by Crippen LogP contribution is -2.26. The first-order valence-corrected chi connectivity index (χ1v) is 6.66. The molecule has 17 heavy (non-hydrogen) atoms. The van der Waals surface area contributed by atoms with Gasteiger partial charge in [-0.3, -0.25) is 4.79 Å². The third-order valence-corrected chi connectivity index (χ3v) is 3.98. The van der Waals surface area contributed by atoms with Crippen molar-refractivity contribution in [3.63, 3.8) is 0 Å². The Morgan fingerprint density at radius 3 is 2.53 bits per heavy atom. The molecule has 0 aromatic heterocycles. The Hall–Kier alpha value is -1.31. The van der Waals surface area contributed by atoms with Crippen LogP contribution < -0.4 is 4.74 Å². The van der Waals surface area contributed by atoms with Crippen molar-refractivity contribution in [2.75, 3.05) is 0 Å². The molecule has 0 aliphatic heterocycles. The van der Waals surface area contributed by atoms with Gasteiger partial charge in [-0.2, -0.15) is 0 Å². The van der Waals surface area contributed by atoms with Gasteiger partial charge in [-0.05, 0) is 61.8 Å². The second-order valence-corrected chi connectivity index (χ2v) is 5.19. The van der Waals surface area contributed by atoms with E-state index in [0.717, 1.165) is 25.0 Å². The maximum atomic E-state index is 11.7. The molecule has 3 rings (SSSR count). The number of esters is 1. The Balaban J connectivity index is 1.72. The zero-order chi connectivity index (χ0) is 11.7. The van der Waals surface area contributed by atoms with Gasteiger partial charge in [-0.1, -0.05) is 12.5 Å². The van der Waals surface area contributed by atoms with Crippen LogP contribution in [0.5, 0.6) is 5.75 Å². The van der Waals surface area contributed by atoms with E-state index in [4.69, 9.17) is 4.74 Å². The molecule has 1 fully saturated rings. The molecule has 0 saturated heterocycles. The molecule has 90 valence electrons. The van der Waals surface area contributed by atoms with Crippen molar-refractivity contribution in [1.82, 2.24) is 0 Å². The maximum Gasteiger partial charge on any atom is 0.314 e. The van der Waals surface area contributed by atoms with E-state index in [9.17, 15) is 4.79 Å². The fraction of sp³-hybridized carbons (Fsp3) is 0.533. The quantitative estimate of drug-likeness (QED) is 0.575. The fourth-order valence-electron chi connectivity index (χ4n) is 2.62. The molecule has 1 saturated carbocycles. The normalized spacial score (nSPS) is 19.3. The van der Waals surface area contributed by atoms with Crippen molar-refractivity contribution in [2.45, 2.75) is 44.9 Å². The van der Waals surface area contributed by atoms with E-state index in [-0.39, 0.29) is 11.9 Å². The molecular weight excluding hydrogens is 212 g/mol. The van der Waals surface area contributed by atoms with Gasteiger partial charge in [0.1, 0.15) is 5.75 Å². The van der Waals surface area contributed by atoms with Crippen molar-refractivity contribution >= 4 is 5.97 Å². The highest BCUT2D eigenvalue weighted by Crippen LogP contribution is 2.30. The Bertz CT molecular complexity index is 433. The summed E-state index contributed by atoms with van der Waals surface area (Å²) in [6.07, 6.45) is 8.02. The third-order valence-electron chi connectivity index (χ3n) is 3.98. The number of benzene rings is 1. The van der Waals surface area contributed by atoms with E-state index < -0.39 is 0 Å². The van der Waals surface area contributed by atoms with Gasteiger partial charge in [-0.15, -0.1) is 0 Å². The van der Waals surface area contributed by atoms with Gasteiger partial charge in [0.05, 0.1) is 5.92 Å². The highest BCUT2D eigenvalue weighted by Gasteiger charge is 2.27. The molecule has 1 aromatic carbocycles. The highest BCUT2D eigenvalue weighted by atomic mass is 16.5. The van der Waals surface area contributed by atoms with Crippen LogP contribution in [-0.2, 0) is 17.6 Å². The summed E-state index contributed by atoms with van der Waals surface area (Å²) >= 11 is 0. The van der Waals surface area contributed by atoms with E-state index in [0.29, 0.717) is 0 Å². The molecule has 0 heterocycles. The minimum atomic E-state index is -0.0352. The SMILES string of the molecule is O=C(Oc1ccc2c(c1)CCCC2)C1CCC1. The van der Waals surface area contributed by atoms with Crippen molar-refractivity contribution in [3.05, 3.63) is 29.3 Å². The molecule has 1 aromatic rings. The predicted octanol–water partition coefficient (Wildman–Crippen LogP) is 3.27. The van der Waals surface area contributed by atoms with Gasteiger partial charge in [0.25, 0.3) is 0 Å². The van der Waals surface area contributed by atoms with E-state index >= 15 is 0 Å². The first-order valence-electron chi connectivity index (χ1n) is 6.66. The first-order chi connectivity index (χ1) is 8.33. The predicted molar refractivity (Wildman–Crippen MR) is 66.1 cm³/mol. The Morgan fingerprint density at radius 1 is 1.06 bits per heavy atom. The number of fused-ring (bicyclic) bond motifs is 1. The van der Waals surface area contributed by atoms with Gasteiger partial charge in [-0.25, -0.2) is 0 Å². The van der Waals surface area contributed by atoms with E-state index in [1.165, 1.54) is 36.8 Å². The Labute approximate surface area is 102 Å². The van der Waals surface area contributed by atoms with Crippen molar-refractivity contribution < 1.29 is 9.53 Å². The Kier molecular flexibility index (Phi) is 2.87. The lowest BCUT2D eigenvalue weighted by Gasteiger charge is -2.23. The van der Waals surface area contributed by atoms with Gasteiger partial charge in [0, 0.05) is 0 Å². The molecular formula is C15H18O2. The largest absolute Gasteiger partial charge is 0.426 e. The van der Waals surface area contributed by atoms with Crippen LogP contribution in [0.4, 0.5) is 0 Å². The fourth-order valence-corrected chi connectivity index (χ4v) is 2.62. The van der Waals surface area contributed by atoms with E-state index in [2.05, 4.69) is 12.1 Å². The highest BCUT2D eigenvalue weighted by molar-refractivity contribution is 5.76. The number of carbonyl (C=O) groups excluding carboxylic acids is 1. The van der Waals surface area contributed by atoms with Gasteiger partial charge in [0.15, 0.2) is 0 Å². The molecule has 0 atom stereocenters. The second-order valence-electron chi connectivity index (χ2n) is 5.19. The summed E-state index contributed by atoms with van der Waals surface area (Å²) < 4.78 is 5.45. The zero-order valence-electron chi connectivity index (χ0n) is 10.1. The average Bonchev–Trinajstić information content (AvgIpc) is 2.26. The maximum absolute atomic E-state index is 11.7. The van der Waals surface area contributed by atoms with Crippen LogP contribution in [-0.4, -0.2) is 5.97 Å². The topological polar surface area (TPSA) is 26.3 Å². The minimum absolute atomic E-state index is 0.0352. The summed E-state index contributed by atoms with van der Waals surface area (Å²) in [5, 5.41) is 0. The number of ether oxygens (including phenoxy) is 1. The van der Waals surface area contributed by atoms with E-state index in [1.54, 1.807) is 0 Å². The van der Waals surface area contributed by atoms with E-state index in [1.807, 2.05) is 6.07 Å². The van der Waals surface area contributed by atoms with Gasteiger partial charge >= 0.3 is 5.97 Å². The smallest absolute Gasteiger partial charge is 0.314 e. The van der Waals surface area contributed by atoms with Crippen molar-refractivity contribution in [2.24, 2.45) is 5.92 Å². The molecule has 0 spiro atoms. The molecule has 2 aliphatic carbocycles. The van der Waals surface area contributed by atoms with Crippen LogP contribution in [0.1, 0.15) is 43.2 Å². The standard InChI is InChI=1S/C15H18O2/c16-15(12-6-3-7-12)17-14-9-8-11-4-1-2-5-13(11)10-14/h8-10,12H,1-7H2.